The predicted octanol–water partition coefficient (Wildman–Crippen LogP) is 3.63. The van der Waals surface area contributed by atoms with Crippen molar-refractivity contribution in [2.24, 2.45) is 10.9 Å². The van der Waals surface area contributed by atoms with E-state index in [1.165, 1.54) is 5.57 Å². The minimum atomic E-state index is 0.734. The highest BCUT2D eigenvalue weighted by Gasteiger charge is 1.88. The number of hydrogen-bond donors (Lipinski definition) is 0. The Morgan fingerprint density at radius 2 is 2.08 bits per heavy atom. The summed E-state index contributed by atoms with van der Waals surface area (Å²) in [4.78, 5) is 4.01. The van der Waals surface area contributed by atoms with E-state index in [0.29, 0.717) is 0 Å². The van der Waals surface area contributed by atoms with Gasteiger partial charge in [-0.25, -0.2) is 0 Å². The zero-order valence-electron chi connectivity index (χ0n) is 9.25. The Morgan fingerprint density at radius 1 is 1.38 bits per heavy atom. The van der Waals surface area contributed by atoms with E-state index in [1.807, 2.05) is 6.21 Å². The average Bonchev–Trinajstić information content (AvgIpc) is 2.04. The van der Waals surface area contributed by atoms with Gasteiger partial charge in [0.1, 0.15) is 0 Å². The highest BCUT2D eigenvalue weighted by molar-refractivity contribution is 5.81. The molecule has 0 N–H and O–H groups in total. The molecule has 0 fully saturated rings. The summed E-state index contributed by atoms with van der Waals surface area (Å²) in [7, 11) is 1.81. The van der Waals surface area contributed by atoms with Crippen LogP contribution in [0, 0.1) is 5.92 Å². The maximum absolute atomic E-state index is 4.01. The summed E-state index contributed by atoms with van der Waals surface area (Å²) in [6.07, 6.45) is 10.7. The first-order valence-electron chi connectivity index (χ1n) is 4.99. The molecule has 0 aromatic rings. The number of hydrogen-bond acceptors (Lipinski definition) is 1. The Hall–Kier alpha value is -0.850. The van der Waals surface area contributed by atoms with E-state index >= 15 is 0 Å². The van der Waals surface area contributed by atoms with Crippen LogP contribution >= 0.6 is 0 Å². The molecule has 0 bridgehead atoms. The third kappa shape index (κ3) is 7.51. The molecule has 0 saturated heterocycles. The largest absolute Gasteiger partial charge is 0.296 e. The van der Waals surface area contributed by atoms with Crippen LogP contribution < -0.4 is 0 Å². The number of allylic oxidation sites excluding steroid dienone is 4. The molecule has 0 aliphatic rings. The van der Waals surface area contributed by atoms with Gasteiger partial charge >= 0.3 is 0 Å². The van der Waals surface area contributed by atoms with Crippen molar-refractivity contribution in [1.29, 1.82) is 0 Å². The minimum Gasteiger partial charge on any atom is -0.296 e. The van der Waals surface area contributed by atoms with E-state index in [2.05, 4.69) is 44.0 Å². The highest BCUT2D eigenvalue weighted by Crippen LogP contribution is 2.03. The third-order valence-corrected chi connectivity index (χ3v) is 1.64. The van der Waals surface area contributed by atoms with E-state index in [1.54, 1.807) is 7.05 Å². The summed E-state index contributed by atoms with van der Waals surface area (Å²) in [5.74, 6) is 0.734. The highest BCUT2D eigenvalue weighted by atomic mass is 14.6. The third-order valence-electron chi connectivity index (χ3n) is 1.64. The molecule has 0 atom stereocenters. The van der Waals surface area contributed by atoms with Crippen molar-refractivity contribution < 1.29 is 0 Å². The van der Waals surface area contributed by atoms with Gasteiger partial charge in [0.25, 0.3) is 0 Å². The van der Waals surface area contributed by atoms with Gasteiger partial charge in [0.2, 0.25) is 0 Å². The SMILES string of the molecule is CC/C=C(\C=C/CC(C)C)/C=N/C. The van der Waals surface area contributed by atoms with Gasteiger partial charge in [-0.2, -0.15) is 0 Å². The van der Waals surface area contributed by atoms with Crippen molar-refractivity contribution in [3.8, 4) is 0 Å². The molecule has 0 saturated carbocycles. The van der Waals surface area contributed by atoms with E-state index < -0.39 is 0 Å². The predicted molar refractivity (Wildman–Crippen MR) is 61.4 cm³/mol. The van der Waals surface area contributed by atoms with E-state index in [9.17, 15) is 0 Å². The fourth-order valence-corrected chi connectivity index (χ4v) is 1.02. The van der Waals surface area contributed by atoms with E-state index in [-0.39, 0.29) is 0 Å². The average molecular weight is 179 g/mol. The molecule has 0 unspecified atom stereocenters. The summed E-state index contributed by atoms with van der Waals surface area (Å²) in [5, 5.41) is 0. The van der Waals surface area contributed by atoms with Crippen molar-refractivity contribution in [3.63, 3.8) is 0 Å². The zero-order valence-corrected chi connectivity index (χ0v) is 9.25. The first kappa shape index (κ1) is 12.2. The number of nitrogens with zero attached hydrogens (tertiary/aromatic N) is 1. The minimum absolute atomic E-state index is 0.734. The molecule has 0 spiro atoms. The smallest absolute Gasteiger partial charge is 0.0278 e. The lowest BCUT2D eigenvalue weighted by Gasteiger charge is -1.97. The van der Waals surface area contributed by atoms with Gasteiger partial charge in [-0.05, 0) is 24.3 Å². The second kappa shape index (κ2) is 7.78. The Kier molecular flexibility index (Phi) is 7.27. The van der Waals surface area contributed by atoms with Crippen LogP contribution in [0.25, 0.3) is 0 Å². The zero-order chi connectivity index (χ0) is 10.1. The Balaban J connectivity index is 4.10. The summed E-state index contributed by atoms with van der Waals surface area (Å²) in [5.41, 5.74) is 1.21. The van der Waals surface area contributed by atoms with Gasteiger partial charge in [0, 0.05) is 13.3 Å². The molecular formula is C12H21N. The summed E-state index contributed by atoms with van der Waals surface area (Å²) in [6.45, 7) is 6.59. The fourth-order valence-electron chi connectivity index (χ4n) is 1.02. The number of aliphatic imine (C=N–C) groups is 1. The summed E-state index contributed by atoms with van der Waals surface area (Å²) < 4.78 is 0. The van der Waals surface area contributed by atoms with E-state index in [4.69, 9.17) is 0 Å². The Labute approximate surface area is 82.3 Å². The van der Waals surface area contributed by atoms with Gasteiger partial charge in [0.15, 0.2) is 0 Å². The van der Waals surface area contributed by atoms with E-state index in [0.717, 1.165) is 18.8 Å². The molecule has 74 valence electrons. The lowest BCUT2D eigenvalue weighted by Crippen LogP contribution is -1.84. The van der Waals surface area contributed by atoms with Crippen LogP contribution in [0.2, 0.25) is 0 Å². The molecule has 0 radical (unpaired) electrons. The lowest BCUT2D eigenvalue weighted by atomic mass is 10.1. The fraction of sp³-hybridized carbons (Fsp3) is 0.583. The van der Waals surface area contributed by atoms with Gasteiger partial charge in [0.05, 0.1) is 0 Å². The maximum atomic E-state index is 4.01. The lowest BCUT2D eigenvalue weighted by molar-refractivity contribution is 0.664. The molecule has 0 heterocycles. The molecule has 1 heteroatoms. The molecule has 0 aromatic carbocycles. The summed E-state index contributed by atoms with van der Waals surface area (Å²) in [6, 6.07) is 0. The molecule has 0 aliphatic heterocycles. The second-order valence-electron chi connectivity index (χ2n) is 3.53. The van der Waals surface area contributed by atoms with Crippen molar-refractivity contribution in [1.82, 2.24) is 0 Å². The molecule has 0 rings (SSSR count). The van der Waals surface area contributed by atoms with Gasteiger partial charge in [-0.1, -0.05) is 39.0 Å². The first-order valence-corrected chi connectivity index (χ1v) is 4.99. The van der Waals surface area contributed by atoms with Crippen LogP contribution in [0.3, 0.4) is 0 Å². The van der Waals surface area contributed by atoms with Crippen molar-refractivity contribution in [2.45, 2.75) is 33.6 Å². The van der Waals surface area contributed by atoms with Crippen molar-refractivity contribution in [3.05, 3.63) is 23.8 Å². The monoisotopic (exact) mass is 179 g/mol. The molecule has 1 nitrogen and oxygen atoms in total. The van der Waals surface area contributed by atoms with Crippen LogP contribution in [0.5, 0.6) is 0 Å². The first-order chi connectivity index (χ1) is 6.20. The van der Waals surface area contributed by atoms with Gasteiger partial charge < -0.3 is 0 Å². The van der Waals surface area contributed by atoms with Crippen LogP contribution in [0.4, 0.5) is 0 Å². The topological polar surface area (TPSA) is 12.4 Å². The second-order valence-corrected chi connectivity index (χ2v) is 3.53. The van der Waals surface area contributed by atoms with Gasteiger partial charge in [-0.3, -0.25) is 4.99 Å². The van der Waals surface area contributed by atoms with Crippen LogP contribution in [-0.2, 0) is 0 Å². The van der Waals surface area contributed by atoms with Crippen LogP contribution in [-0.4, -0.2) is 13.3 Å². The number of rotatable bonds is 5. The normalized spacial score (nSPS) is 13.8. The maximum Gasteiger partial charge on any atom is 0.0278 e. The van der Waals surface area contributed by atoms with Crippen LogP contribution in [0.15, 0.2) is 28.8 Å². The molecule has 0 amide bonds. The van der Waals surface area contributed by atoms with Crippen LogP contribution in [0.1, 0.15) is 33.6 Å². The Morgan fingerprint density at radius 3 is 2.54 bits per heavy atom. The van der Waals surface area contributed by atoms with Crippen molar-refractivity contribution in [2.75, 3.05) is 7.05 Å². The quantitative estimate of drug-likeness (QED) is 0.451. The van der Waals surface area contributed by atoms with Crippen molar-refractivity contribution >= 4 is 6.21 Å². The Bertz CT molecular complexity index is 197. The van der Waals surface area contributed by atoms with Gasteiger partial charge in [-0.15, -0.1) is 0 Å². The molecule has 0 aliphatic carbocycles. The molecular weight excluding hydrogens is 158 g/mol. The summed E-state index contributed by atoms with van der Waals surface area (Å²) >= 11 is 0. The molecule has 0 aromatic heterocycles. The standard InChI is InChI=1S/C12H21N/c1-5-7-12(10-13-4)9-6-8-11(2)3/h6-7,9-11H,5,8H2,1-4H3/b9-6-,12-7+,13-10+. The molecule has 13 heavy (non-hydrogen) atoms.